The average Bonchev–Trinajstić information content (AvgIpc) is 2.76. The maximum Gasteiger partial charge on any atom is 0.122 e. The van der Waals surface area contributed by atoms with Gasteiger partial charge in [-0.15, -0.1) is 0 Å². The van der Waals surface area contributed by atoms with Crippen molar-refractivity contribution in [1.82, 2.24) is 9.97 Å². The Labute approximate surface area is 130 Å². The maximum atomic E-state index is 5.87. The molecule has 0 fully saturated rings. The summed E-state index contributed by atoms with van der Waals surface area (Å²) < 4.78 is 5.87. The second kappa shape index (κ2) is 5.16. The first-order valence-electron chi connectivity index (χ1n) is 7.91. The minimum Gasteiger partial charge on any atom is -0.493 e. The van der Waals surface area contributed by atoms with E-state index in [2.05, 4.69) is 53.3 Å². The van der Waals surface area contributed by atoms with E-state index in [-0.39, 0.29) is 0 Å². The Morgan fingerprint density at radius 2 is 1.95 bits per heavy atom. The highest BCUT2D eigenvalue weighted by Crippen LogP contribution is 2.32. The van der Waals surface area contributed by atoms with E-state index in [4.69, 9.17) is 4.74 Å². The van der Waals surface area contributed by atoms with Crippen LogP contribution >= 0.6 is 0 Å². The van der Waals surface area contributed by atoms with Crippen molar-refractivity contribution in [3.8, 4) is 16.9 Å². The van der Waals surface area contributed by atoms with Crippen LogP contribution in [-0.4, -0.2) is 16.6 Å². The second-order valence-corrected chi connectivity index (χ2v) is 6.32. The molecular formula is C19H20N2O. The lowest BCUT2D eigenvalue weighted by molar-refractivity contribution is 0.300. The van der Waals surface area contributed by atoms with Gasteiger partial charge in [0.25, 0.3) is 0 Å². The van der Waals surface area contributed by atoms with Crippen molar-refractivity contribution in [2.24, 2.45) is 5.92 Å². The smallest absolute Gasteiger partial charge is 0.122 e. The lowest BCUT2D eigenvalue weighted by Crippen LogP contribution is -1.99. The van der Waals surface area contributed by atoms with E-state index in [1.807, 2.05) is 6.92 Å². The third-order valence-corrected chi connectivity index (χ3v) is 4.43. The van der Waals surface area contributed by atoms with Gasteiger partial charge < -0.3 is 9.72 Å². The number of fused-ring (bicyclic) bond motifs is 2. The molecule has 1 aromatic heterocycles. The molecule has 0 saturated carbocycles. The second-order valence-electron chi connectivity index (χ2n) is 6.32. The standard InChI is InChI=1S/C19H20N2O/c1-12-7-8-22-19-6-4-14(10-16(19)9-12)15-3-5-17-18(11-15)21-13(2)20-17/h3-6,10-12H,7-9H2,1-2H3,(H,20,21). The van der Waals surface area contributed by atoms with E-state index in [0.29, 0.717) is 5.92 Å². The number of aryl methyl sites for hydroxylation is 1. The number of benzene rings is 2. The van der Waals surface area contributed by atoms with Crippen LogP contribution in [0.4, 0.5) is 0 Å². The minimum absolute atomic E-state index is 0.675. The Morgan fingerprint density at radius 1 is 1.14 bits per heavy atom. The van der Waals surface area contributed by atoms with Crippen molar-refractivity contribution in [2.45, 2.75) is 26.7 Å². The summed E-state index contributed by atoms with van der Waals surface area (Å²) in [6.45, 7) is 5.11. The fourth-order valence-corrected chi connectivity index (χ4v) is 3.22. The largest absolute Gasteiger partial charge is 0.493 e. The van der Waals surface area contributed by atoms with E-state index in [9.17, 15) is 0 Å². The molecule has 3 heteroatoms. The molecule has 3 nitrogen and oxygen atoms in total. The Bertz CT molecular complexity index is 835. The van der Waals surface area contributed by atoms with Gasteiger partial charge in [-0.2, -0.15) is 0 Å². The molecule has 1 aliphatic rings. The molecule has 112 valence electrons. The molecule has 1 unspecified atom stereocenters. The number of ether oxygens (including phenoxy) is 1. The Hall–Kier alpha value is -2.29. The van der Waals surface area contributed by atoms with Crippen molar-refractivity contribution in [2.75, 3.05) is 6.61 Å². The molecule has 3 aromatic rings. The first-order chi connectivity index (χ1) is 10.7. The molecule has 4 rings (SSSR count). The number of hydrogen-bond acceptors (Lipinski definition) is 2. The van der Waals surface area contributed by atoms with Crippen LogP contribution in [0.3, 0.4) is 0 Å². The summed E-state index contributed by atoms with van der Waals surface area (Å²) in [5, 5.41) is 0. The zero-order chi connectivity index (χ0) is 15.1. The number of aromatic nitrogens is 2. The van der Waals surface area contributed by atoms with Gasteiger partial charge in [0, 0.05) is 0 Å². The summed E-state index contributed by atoms with van der Waals surface area (Å²) in [5.41, 5.74) is 5.90. The predicted molar refractivity (Wildman–Crippen MR) is 89.2 cm³/mol. The van der Waals surface area contributed by atoms with Crippen LogP contribution in [0.25, 0.3) is 22.2 Å². The zero-order valence-electron chi connectivity index (χ0n) is 13.0. The minimum atomic E-state index is 0.675. The Kier molecular flexibility index (Phi) is 3.14. The van der Waals surface area contributed by atoms with Crippen molar-refractivity contribution < 1.29 is 4.74 Å². The van der Waals surface area contributed by atoms with Gasteiger partial charge in [0.05, 0.1) is 17.6 Å². The third kappa shape index (κ3) is 2.37. The molecule has 0 spiro atoms. The van der Waals surface area contributed by atoms with Crippen LogP contribution in [0.2, 0.25) is 0 Å². The molecule has 0 amide bonds. The van der Waals surface area contributed by atoms with Gasteiger partial charge in [0.2, 0.25) is 0 Å². The van der Waals surface area contributed by atoms with E-state index in [1.165, 1.54) is 16.7 Å². The number of rotatable bonds is 1. The molecule has 0 radical (unpaired) electrons. The topological polar surface area (TPSA) is 37.9 Å². The van der Waals surface area contributed by atoms with E-state index in [0.717, 1.165) is 42.1 Å². The van der Waals surface area contributed by atoms with Crippen molar-refractivity contribution in [1.29, 1.82) is 0 Å². The first-order valence-corrected chi connectivity index (χ1v) is 7.91. The van der Waals surface area contributed by atoms with Gasteiger partial charge in [-0.05, 0) is 66.6 Å². The molecule has 2 heterocycles. The van der Waals surface area contributed by atoms with Gasteiger partial charge in [0.15, 0.2) is 0 Å². The van der Waals surface area contributed by atoms with Crippen LogP contribution < -0.4 is 4.74 Å². The fourth-order valence-electron chi connectivity index (χ4n) is 3.22. The highest BCUT2D eigenvalue weighted by Gasteiger charge is 2.15. The van der Waals surface area contributed by atoms with Crippen LogP contribution in [-0.2, 0) is 6.42 Å². The Morgan fingerprint density at radius 3 is 2.86 bits per heavy atom. The number of nitrogens with zero attached hydrogens (tertiary/aromatic N) is 1. The summed E-state index contributed by atoms with van der Waals surface area (Å²) >= 11 is 0. The van der Waals surface area contributed by atoms with Gasteiger partial charge >= 0.3 is 0 Å². The van der Waals surface area contributed by atoms with Gasteiger partial charge in [-0.25, -0.2) is 4.98 Å². The van der Waals surface area contributed by atoms with E-state index < -0.39 is 0 Å². The van der Waals surface area contributed by atoms with Crippen molar-refractivity contribution in [3.05, 3.63) is 47.8 Å². The van der Waals surface area contributed by atoms with Crippen molar-refractivity contribution >= 4 is 11.0 Å². The van der Waals surface area contributed by atoms with Crippen LogP contribution in [0.5, 0.6) is 5.75 Å². The molecule has 2 aromatic carbocycles. The van der Waals surface area contributed by atoms with E-state index >= 15 is 0 Å². The first kappa shape index (κ1) is 13.4. The molecule has 1 N–H and O–H groups in total. The quantitative estimate of drug-likeness (QED) is 0.717. The van der Waals surface area contributed by atoms with E-state index in [1.54, 1.807) is 0 Å². The number of aromatic amines is 1. The summed E-state index contributed by atoms with van der Waals surface area (Å²) in [5.74, 6) is 2.68. The SMILES string of the molecule is Cc1nc2ccc(-c3ccc4c(c3)CC(C)CCO4)cc2[nH]1. The number of hydrogen-bond donors (Lipinski definition) is 1. The molecule has 22 heavy (non-hydrogen) atoms. The van der Waals surface area contributed by atoms with Crippen LogP contribution in [0, 0.1) is 12.8 Å². The molecule has 0 aliphatic carbocycles. The van der Waals surface area contributed by atoms with Crippen LogP contribution in [0.1, 0.15) is 24.7 Å². The molecule has 0 bridgehead atoms. The highest BCUT2D eigenvalue weighted by molar-refractivity contribution is 5.82. The predicted octanol–water partition coefficient (Wildman–Crippen LogP) is 4.50. The lowest BCUT2D eigenvalue weighted by atomic mass is 9.95. The molecule has 0 saturated heterocycles. The third-order valence-electron chi connectivity index (χ3n) is 4.43. The van der Waals surface area contributed by atoms with Crippen LogP contribution in [0.15, 0.2) is 36.4 Å². The van der Waals surface area contributed by atoms with Gasteiger partial charge in [-0.3, -0.25) is 0 Å². The fraction of sp³-hybridized carbons (Fsp3) is 0.316. The zero-order valence-corrected chi connectivity index (χ0v) is 13.0. The summed E-state index contributed by atoms with van der Waals surface area (Å²) in [4.78, 5) is 7.78. The number of imidazole rings is 1. The lowest BCUT2D eigenvalue weighted by Gasteiger charge is -2.10. The molecule has 1 aliphatic heterocycles. The monoisotopic (exact) mass is 292 g/mol. The number of nitrogens with one attached hydrogen (secondary N) is 1. The maximum absolute atomic E-state index is 5.87. The summed E-state index contributed by atoms with van der Waals surface area (Å²) in [7, 11) is 0. The highest BCUT2D eigenvalue weighted by atomic mass is 16.5. The van der Waals surface area contributed by atoms with Gasteiger partial charge in [0.1, 0.15) is 11.6 Å². The number of H-pyrrole nitrogens is 1. The van der Waals surface area contributed by atoms with Gasteiger partial charge in [-0.1, -0.05) is 19.1 Å². The average molecular weight is 292 g/mol. The molecule has 1 atom stereocenters. The summed E-state index contributed by atoms with van der Waals surface area (Å²) in [6, 6.07) is 13.0. The van der Waals surface area contributed by atoms with Crippen molar-refractivity contribution in [3.63, 3.8) is 0 Å². The molecular weight excluding hydrogens is 272 g/mol. The summed E-state index contributed by atoms with van der Waals surface area (Å²) in [6.07, 6.45) is 2.22. The normalized spacial score (nSPS) is 17.8. The Balaban J connectivity index is 1.77.